The molecule has 22 heavy (non-hydrogen) atoms. The van der Waals surface area contributed by atoms with Crippen LogP contribution >= 0.6 is 0 Å². The van der Waals surface area contributed by atoms with Crippen molar-refractivity contribution in [1.82, 2.24) is 20.3 Å². The van der Waals surface area contributed by atoms with Crippen molar-refractivity contribution in [3.05, 3.63) is 35.9 Å². The molecule has 2 saturated heterocycles. The van der Waals surface area contributed by atoms with Crippen LogP contribution in [0.25, 0.3) is 11.3 Å². The topological polar surface area (TPSA) is 79.1 Å². The summed E-state index contributed by atoms with van der Waals surface area (Å²) in [6.07, 6.45) is 1.18. The summed E-state index contributed by atoms with van der Waals surface area (Å²) in [5, 5.41) is 5.70. The molecule has 2 aliphatic rings. The average molecular weight is 296 g/mol. The predicted molar refractivity (Wildman–Crippen MR) is 87.1 cm³/mol. The summed E-state index contributed by atoms with van der Waals surface area (Å²) in [6, 6.07) is 11.2. The van der Waals surface area contributed by atoms with Crippen molar-refractivity contribution in [1.29, 1.82) is 0 Å². The monoisotopic (exact) mass is 296 g/mol. The molecule has 1 aromatic carbocycles. The molecule has 2 fully saturated rings. The largest absolute Gasteiger partial charge is 0.383 e. The van der Waals surface area contributed by atoms with Crippen molar-refractivity contribution in [2.24, 2.45) is 0 Å². The van der Waals surface area contributed by atoms with E-state index in [-0.39, 0.29) is 0 Å². The van der Waals surface area contributed by atoms with Crippen LogP contribution in [0.15, 0.2) is 30.3 Å². The number of hydrogen-bond acceptors (Lipinski definition) is 6. The maximum Gasteiger partial charge on any atom is 0.240 e. The van der Waals surface area contributed by atoms with Crippen LogP contribution in [0.2, 0.25) is 0 Å². The number of benzene rings is 1. The number of anilines is 2. The van der Waals surface area contributed by atoms with Crippen molar-refractivity contribution >= 4 is 11.8 Å². The highest BCUT2D eigenvalue weighted by Crippen LogP contribution is 2.27. The van der Waals surface area contributed by atoms with Gasteiger partial charge in [0.2, 0.25) is 5.95 Å². The SMILES string of the molecule is Cc1c(N)nc(NN2CC3CC2CN3)nc1-c1ccccc1. The Labute approximate surface area is 129 Å². The Morgan fingerprint density at radius 3 is 2.77 bits per heavy atom. The van der Waals surface area contributed by atoms with Crippen molar-refractivity contribution in [3.8, 4) is 11.3 Å². The third-order valence-corrected chi connectivity index (χ3v) is 4.53. The minimum Gasteiger partial charge on any atom is -0.383 e. The Morgan fingerprint density at radius 1 is 1.27 bits per heavy atom. The molecule has 2 atom stereocenters. The number of aromatic nitrogens is 2. The van der Waals surface area contributed by atoms with Gasteiger partial charge in [-0.1, -0.05) is 30.3 Å². The Kier molecular flexibility index (Phi) is 3.20. The fourth-order valence-corrected chi connectivity index (χ4v) is 3.29. The van der Waals surface area contributed by atoms with E-state index in [1.807, 2.05) is 37.3 Å². The molecule has 4 N–H and O–H groups in total. The Morgan fingerprint density at radius 2 is 2.09 bits per heavy atom. The first-order valence-corrected chi connectivity index (χ1v) is 7.67. The van der Waals surface area contributed by atoms with Gasteiger partial charge in [-0.15, -0.1) is 0 Å². The first-order valence-electron chi connectivity index (χ1n) is 7.67. The lowest BCUT2D eigenvalue weighted by Crippen LogP contribution is -2.46. The lowest BCUT2D eigenvalue weighted by Gasteiger charge is -2.27. The number of nitrogens with zero attached hydrogens (tertiary/aromatic N) is 3. The Hall–Kier alpha value is -2.18. The summed E-state index contributed by atoms with van der Waals surface area (Å²) in [7, 11) is 0. The van der Waals surface area contributed by atoms with Crippen molar-refractivity contribution < 1.29 is 0 Å². The fourth-order valence-electron chi connectivity index (χ4n) is 3.29. The summed E-state index contributed by atoms with van der Waals surface area (Å²) < 4.78 is 0. The minimum absolute atomic E-state index is 0.510. The second-order valence-electron chi connectivity index (χ2n) is 6.03. The summed E-state index contributed by atoms with van der Waals surface area (Å²) in [5.74, 6) is 1.10. The number of rotatable bonds is 3. The molecule has 114 valence electrons. The molecule has 6 heteroatoms. The van der Waals surface area contributed by atoms with Gasteiger partial charge in [0.15, 0.2) is 0 Å². The smallest absolute Gasteiger partial charge is 0.240 e. The van der Waals surface area contributed by atoms with Gasteiger partial charge in [-0.2, -0.15) is 4.98 Å². The highest BCUT2D eigenvalue weighted by atomic mass is 15.6. The number of nitrogen functional groups attached to an aromatic ring is 1. The number of hydrazine groups is 1. The van der Waals surface area contributed by atoms with E-state index in [1.165, 1.54) is 6.42 Å². The lowest BCUT2D eigenvalue weighted by atomic mass is 10.1. The van der Waals surface area contributed by atoms with Crippen LogP contribution in [-0.2, 0) is 0 Å². The maximum absolute atomic E-state index is 6.09. The standard InChI is InChI=1S/C16H20N6/c1-10-14(11-5-3-2-4-6-11)19-16(20-15(10)17)21-22-9-12-7-13(22)8-18-12/h2-6,12-13,18H,7-9H2,1H3,(H3,17,19,20,21). The minimum atomic E-state index is 0.510. The zero-order chi connectivity index (χ0) is 15.1. The average Bonchev–Trinajstić information content (AvgIpc) is 3.14. The molecule has 2 unspecified atom stereocenters. The molecule has 2 aromatic rings. The molecule has 0 spiro atoms. The third-order valence-electron chi connectivity index (χ3n) is 4.53. The lowest BCUT2D eigenvalue weighted by molar-refractivity contribution is 0.270. The molecule has 2 bridgehead atoms. The van der Waals surface area contributed by atoms with Gasteiger partial charge in [-0.05, 0) is 13.3 Å². The van der Waals surface area contributed by atoms with Crippen LogP contribution in [0, 0.1) is 6.92 Å². The Balaban J connectivity index is 1.65. The molecule has 0 saturated carbocycles. The summed E-state index contributed by atoms with van der Waals surface area (Å²) in [4.78, 5) is 9.09. The van der Waals surface area contributed by atoms with Crippen molar-refractivity contribution in [3.63, 3.8) is 0 Å². The third kappa shape index (κ3) is 2.30. The molecular formula is C16H20N6. The van der Waals surface area contributed by atoms with Gasteiger partial charge in [0.1, 0.15) is 5.82 Å². The quantitative estimate of drug-likeness (QED) is 0.795. The van der Waals surface area contributed by atoms with Gasteiger partial charge in [0, 0.05) is 36.3 Å². The van der Waals surface area contributed by atoms with E-state index < -0.39 is 0 Å². The maximum atomic E-state index is 6.09. The second kappa shape index (κ2) is 5.23. The molecule has 1 aromatic heterocycles. The molecule has 2 aliphatic heterocycles. The summed E-state index contributed by atoms with van der Waals surface area (Å²) in [5.41, 5.74) is 12.3. The van der Waals surface area contributed by atoms with Crippen molar-refractivity contribution in [2.75, 3.05) is 24.2 Å². The molecule has 0 aliphatic carbocycles. The molecular weight excluding hydrogens is 276 g/mol. The van der Waals surface area contributed by atoms with Gasteiger partial charge in [-0.3, -0.25) is 5.43 Å². The molecule has 0 amide bonds. The normalized spacial score (nSPS) is 23.9. The van der Waals surface area contributed by atoms with E-state index in [2.05, 4.69) is 25.7 Å². The number of fused-ring (bicyclic) bond motifs is 2. The summed E-state index contributed by atoms with van der Waals surface area (Å²) in [6.45, 7) is 3.95. The molecule has 3 heterocycles. The first-order chi connectivity index (χ1) is 10.7. The number of hydrogen-bond donors (Lipinski definition) is 3. The van der Waals surface area contributed by atoms with E-state index in [0.717, 1.165) is 29.9 Å². The van der Waals surface area contributed by atoms with Crippen LogP contribution in [0.4, 0.5) is 11.8 Å². The van der Waals surface area contributed by atoms with Crippen LogP contribution in [0.1, 0.15) is 12.0 Å². The van der Waals surface area contributed by atoms with Gasteiger partial charge in [0.25, 0.3) is 0 Å². The highest BCUT2D eigenvalue weighted by molar-refractivity contribution is 5.68. The molecule has 4 rings (SSSR count). The van der Waals surface area contributed by atoms with E-state index in [4.69, 9.17) is 5.73 Å². The van der Waals surface area contributed by atoms with Gasteiger partial charge < -0.3 is 11.1 Å². The van der Waals surface area contributed by atoms with Crippen LogP contribution < -0.4 is 16.5 Å². The van der Waals surface area contributed by atoms with Crippen molar-refractivity contribution in [2.45, 2.75) is 25.4 Å². The van der Waals surface area contributed by atoms with E-state index in [1.54, 1.807) is 0 Å². The summed E-state index contributed by atoms with van der Waals surface area (Å²) >= 11 is 0. The number of nitrogens with two attached hydrogens (primary N) is 1. The Bertz CT molecular complexity index is 687. The van der Waals surface area contributed by atoms with E-state index in [9.17, 15) is 0 Å². The first kappa shape index (κ1) is 13.5. The number of piperazine rings is 1. The van der Waals surface area contributed by atoms with Gasteiger partial charge >= 0.3 is 0 Å². The van der Waals surface area contributed by atoms with E-state index in [0.29, 0.717) is 23.8 Å². The van der Waals surface area contributed by atoms with Gasteiger partial charge in [-0.25, -0.2) is 9.99 Å². The second-order valence-corrected chi connectivity index (χ2v) is 6.03. The molecule has 6 nitrogen and oxygen atoms in total. The highest BCUT2D eigenvalue weighted by Gasteiger charge is 2.38. The van der Waals surface area contributed by atoms with Gasteiger partial charge in [0.05, 0.1) is 5.69 Å². The van der Waals surface area contributed by atoms with Crippen LogP contribution in [-0.4, -0.2) is 40.2 Å². The predicted octanol–water partition coefficient (Wildman–Crippen LogP) is 1.41. The van der Waals surface area contributed by atoms with E-state index >= 15 is 0 Å². The zero-order valence-corrected chi connectivity index (χ0v) is 12.6. The fraction of sp³-hybridized carbons (Fsp3) is 0.375. The molecule has 0 radical (unpaired) electrons. The zero-order valence-electron chi connectivity index (χ0n) is 12.6. The van der Waals surface area contributed by atoms with Crippen LogP contribution in [0.3, 0.4) is 0 Å². The van der Waals surface area contributed by atoms with Crippen LogP contribution in [0.5, 0.6) is 0 Å². The number of nitrogens with one attached hydrogen (secondary N) is 2.